The van der Waals surface area contributed by atoms with Crippen molar-refractivity contribution in [3.63, 3.8) is 0 Å². The lowest BCUT2D eigenvalue weighted by Gasteiger charge is -2.20. The number of hydrogen-bond acceptors (Lipinski definition) is 5. The highest BCUT2D eigenvalue weighted by molar-refractivity contribution is 6.37. The fourth-order valence-electron chi connectivity index (χ4n) is 3.75. The van der Waals surface area contributed by atoms with Gasteiger partial charge in [0.05, 0.1) is 21.9 Å². The van der Waals surface area contributed by atoms with Crippen LogP contribution in [0.25, 0.3) is 5.69 Å². The highest BCUT2D eigenvalue weighted by Crippen LogP contribution is 2.30. The van der Waals surface area contributed by atoms with Gasteiger partial charge in [0.1, 0.15) is 5.69 Å². The molecule has 1 aliphatic heterocycles. The number of halogens is 2. The minimum Gasteiger partial charge on any atom is -0.364 e. The van der Waals surface area contributed by atoms with Crippen molar-refractivity contribution >= 4 is 46.4 Å². The molecule has 2 heterocycles. The van der Waals surface area contributed by atoms with Crippen LogP contribution in [0.1, 0.15) is 27.3 Å². The Kier molecular flexibility index (Phi) is 6.88. The molecule has 10 heteroatoms. The van der Waals surface area contributed by atoms with Gasteiger partial charge in [-0.05, 0) is 56.4 Å². The second-order valence-corrected chi connectivity index (χ2v) is 8.74. The van der Waals surface area contributed by atoms with Crippen LogP contribution in [-0.2, 0) is 0 Å². The average molecular weight is 487 g/mol. The lowest BCUT2D eigenvalue weighted by molar-refractivity contribution is 0.0762. The summed E-state index contributed by atoms with van der Waals surface area (Å²) in [5, 5.41) is 8.18. The van der Waals surface area contributed by atoms with Crippen LogP contribution < -0.4 is 11.1 Å². The number of rotatable bonds is 5. The molecule has 172 valence electrons. The van der Waals surface area contributed by atoms with Crippen molar-refractivity contribution < 1.29 is 9.59 Å². The van der Waals surface area contributed by atoms with E-state index in [1.807, 2.05) is 4.90 Å². The van der Waals surface area contributed by atoms with Crippen LogP contribution in [0.5, 0.6) is 0 Å². The van der Waals surface area contributed by atoms with Crippen molar-refractivity contribution in [2.45, 2.75) is 6.42 Å². The predicted molar refractivity (Wildman–Crippen MR) is 130 cm³/mol. The molecule has 0 unspecified atom stereocenters. The number of nitrogens with one attached hydrogen (secondary N) is 1. The van der Waals surface area contributed by atoms with Crippen molar-refractivity contribution in [3.8, 4) is 5.69 Å². The number of aromatic nitrogens is 2. The van der Waals surface area contributed by atoms with Crippen LogP contribution in [0, 0.1) is 0 Å². The second kappa shape index (κ2) is 9.82. The highest BCUT2D eigenvalue weighted by Gasteiger charge is 2.20. The first-order chi connectivity index (χ1) is 15.8. The van der Waals surface area contributed by atoms with Gasteiger partial charge in [0, 0.05) is 30.9 Å². The normalized spacial score (nSPS) is 14.7. The molecule has 0 spiro atoms. The molecule has 3 aromatic rings. The van der Waals surface area contributed by atoms with Gasteiger partial charge in [-0.25, -0.2) is 4.68 Å². The number of amides is 2. The van der Waals surface area contributed by atoms with Crippen molar-refractivity contribution in [1.82, 2.24) is 19.6 Å². The summed E-state index contributed by atoms with van der Waals surface area (Å²) in [7, 11) is 2.07. The maximum atomic E-state index is 12.9. The summed E-state index contributed by atoms with van der Waals surface area (Å²) in [6, 6.07) is 12.2. The standard InChI is InChI=1S/C23H24Cl2N6O2/c1-29-10-3-11-30(13-12-29)23(33)15-6-8-16(9-7-15)27-19-14-31(28-20(19)22(26)32)21-17(24)4-2-5-18(21)25/h2,4-9,14,27H,3,10-13H2,1H3,(H2,26,32). The highest BCUT2D eigenvalue weighted by atomic mass is 35.5. The fourth-order valence-corrected chi connectivity index (χ4v) is 4.32. The fraction of sp³-hybridized carbons (Fsp3) is 0.261. The van der Waals surface area contributed by atoms with Gasteiger partial charge in [0.15, 0.2) is 5.69 Å². The number of hydrogen-bond donors (Lipinski definition) is 2. The third kappa shape index (κ3) is 5.13. The van der Waals surface area contributed by atoms with E-state index in [2.05, 4.69) is 22.4 Å². The molecule has 2 amide bonds. The number of nitrogens with two attached hydrogens (primary N) is 1. The van der Waals surface area contributed by atoms with Gasteiger partial charge in [0.2, 0.25) is 0 Å². The molecule has 1 fully saturated rings. The van der Waals surface area contributed by atoms with Crippen molar-refractivity contribution in [2.75, 3.05) is 38.5 Å². The van der Waals surface area contributed by atoms with Gasteiger partial charge in [-0.2, -0.15) is 5.10 Å². The Bertz CT molecular complexity index is 1160. The van der Waals surface area contributed by atoms with Crippen LogP contribution >= 0.6 is 23.2 Å². The monoisotopic (exact) mass is 486 g/mol. The van der Waals surface area contributed by atoms with E-state index in [9.17, 15) is 9.59 Å². The van der Waals surface area contributed by atoms with E-state index in [0.717, 1.165) is 26.1 Å². The molecular weight excluding hydrogens is 463 g/mol. The van der Waals surface area contributed by atoms with E-state index in [-0.39, 0.29) is 11.6 Å². The molecule has 0 atom stereocenters. The van der Waals surface area contributed by atoms with Gasteiger partial charge in [-0.15, -0.1) is 0 Å². The van der Waals surface area contributed by atoms with Crippen LogP contribution in [0.3, 0.4) is 0 Å². The Morgan fingerprint density at radius 1 is 1.00 bits per heavy atom. The molecule has 0 bridgehead atoms. The quantitative estimate of drug-likeness (QED) is 0.571. The zero-order chi connectivity index (χ0) is 23.5. The molecule has 1 saturated heterocycles. The first kappa shape index (κ1) is 23.1. The van der Waals surface area contributed by atoms with E-state index in [1.165, 1.54) is 4.68 Å². The molecule has 4 rings (SSSR count). The number of benzene rings is 2. The van der Waals surface area contributed by atoms with E-state index in [1.54, 1.807) is 48.7 Å². The van der Waals surface area contributed by atoms with Crippen molar-refractivity contribution in [3.05, 3.63) is 70.0 Å². The summed E-state index contributed by atoms with van der Waals surface area (Å²) >= 11 is 12.5. The third-order valence-corrected chi connectivity index (χ3v) is 6.14. The Labute approximate surface area is 201 Å². The van der Waals surface area contributed by atoms with Crippen LogP contribution in [-0.4, -0.2) is 64.6 Å². The zero-order valence-electron chi connectivity index (χ0n) is 18.1. The van der Waals surface area contributed by atoms with Crippen LogP contribution in [0.2, 0.25) is 10.0 Å². The molecule has 33 heavy (non-hydrogen) atoms. The second-order valence-electron chi connectivity index (χ2n) is 7.92. The van der Waals surface area contributed by atoms with Crippen molar-refractivity contribution in [2.24, 2.45) is 5.73 Å². The number of para-hydroxylation sites is 1. The largest absolute Gasteiger partial charge is 0.364 e. The average Bonchev–Trinajstić information content (AvgIpc) is 3.06. The number of carbonyl (C=O) groups excluding carboxylic acids is 2. The molecule has 3 N–H and O–H groups in total. The summed E-state index contributed by atoms with van der Waals surface area (Å²) in [4.78, 5) is 29.0. The lowest BCUT2D eigenvalue weighted by Crippen LogP contribution is -2.34. The maximum Gasteiger partial charge on any atom is 0.271 e. The van der Waals surface area contributed by atoms with Gasteiger partial charge in [-0.1, -0.05) is 29.3 Å². The molecule has 0 saturated carbocycles. The number of carbonyl (C=O) groups is 2. The Morgan fingerprint density at radius 2 is 1.70 bits per heavy atom. The number of anilines is 2. The van der Waals surface area contributed by atoms with E-state index >= 15 is 0 Å². The van der Waals surface area contributed by atoms with Gasteiger partial charge in [-0.3, -0.25) is 9.59 Å². The third-order valence-electron chi connectivity index (χ3n) is 5.53. The van der Waals surface area contributed by atoms with Gasteiger partial charge >= 0.3 is 0 Å². The molecule has 8 nitrogen and oxygen atoms in total. The topological polar surface area (TPSA) is 96.5 Å². The molecule has 2 aromatic carbocycles. The first-order valence-electron chi connectivity index (χ1n) is 10.5. The Morgan fingerprint density at radius 3 is 2.36 bits per heavy atom. The van der Waals surface area contributed by atoms with Crippen molar-refractivity contribution in [1.29, 1.82) is 0 Å². The smallest absolute Gasteiger partial charge is 0.271 e. The Hall–Kier alpha value is -3.07. The maximum absolute atomic E-state index is 12.9. The van der Waals surface area contributed by atoms with Gasteiger partial charge in [0.25, 0.3) is 11.8 Å². The summed E-state index contributed by atoms with van der Waals surface area (Å²) in [5.74, 6) is -0.687. The van der Waals surface area contributed by atoms with Crippen LogP contribution in [0.15, 0.2) is 48.7 Å². The van der Waals surface area contributed by atoms with E-state index in [4.69, 9.17) is 28.9 Å². The summed E-state index contributed by atoms with van der Waals surface area (Å²) in [5.41, 5.74) is 7.70. The summed E-state index contributed by atoms with van der Waals surface area (Å²) in [6.07, 6.45) is 2.55. The number of nitrogens with zero attached hydrogens (tertiary/aromatic N) is 4. The summed E-state index contributed by atoms with van der Waals surface area (Å²) < 4.78 is 1.42. The summed E-state index contributed by atoms with van der Waals surface area (Å²) in [6.45, 7) is 3.30. The number of primary amides is 1. The lowest BCUT2D eigenvalue weighted by atomic mass is 10.1. The molecular formula is C23H24Cl2N6O2. The zero-order valence-corrected chi connectivity index (χ0v) is 19.6. The molecule has 1 aromatic heterocycles. The van der Waals surface area contributed by atoms with E-state index < -0.39 is 5.91 Å². The minimum atomic E-state index is -0.697. The van der Waals surface area contributed by atoms with Crippen LogP contribution in [0.4, 0.5) is 11.4 Å². The minimum absolute atomic E-state index is 0.0101. The Balaban J connectivity index is 1.55. The molecule has 0 aliphatic carbocycles. The first-order valence-corrected chi connectivity index (χ1v) is 11.3. The molecule has 0 radical (unpaired) electrons. The van der Waals surface area contributed by atoms with E-state index in [0.29, 0.717) is 39.2 Å². The predicted octanol–water partition coefficient (Wildman–Crippen LogP) is 3.80. The SMILES string of the molecule is CN1CCCN(C(=O)c2ccc(Nc3cn(-c4c(Cl)cccc4Cl)nc3C(N)=O)cc2)CC1. The molecule has 1 aliphatic rings. The number of likely N-dealkylation sites (N-methyl/N-ethyl adjacent to an activating group) is 1. The van der Waals surface area contributed by atoms with Gasteiger partial charge < -0.3 is 20.9 Å².